The number of benzene rings is 3. The van der Waals surface area contributed by atoms with Crippen LogP contribution >= 0.6 is 0 Å². The summed E-state index contributed by atoms with van der Waals surface area (Å²) in [5.41, 5.74) is 2.50. The number of piperazine rings is 1. The predicted octanol–water partition coefficient (Wildman–Crippen LogP) is 3.38. The molecule has 0 bridgehead atoms. The Bertz CT molecular complexity index is 1290. The van der Waals surface area contributed by atoms with Gasteiger partial charge in [-0.3, -0.25) is 4.79 Å². The average Bonchev–Trinajstić information content (AvgIpc) is 2.89. The molecule has 1 atom stereocenters. The quantitative estimate of drug-likeness (QED) is 0.502. The van der Waals surface area contributed by atoms with Gasteiger partial charge in [0.2, 0.25) is 15.9 Å². The van der Waals surface area contributed by atoms with Gasteiger partial charge >= 0.3 is 0 Å². The molecule has 0 spiro atoms. The number of carbonyl (C=O) groups is 1. The highest BCUT2D eigenvalue weighted by molar-refractivity contribution is 7.89. The fourth-order valence-electron chi connectivity index (χ4n) is 4.33. The van der Waals surface area contributed by atoms with E-state index in [0.29, 0.717) is 26.2 Å². The zero-order valence-electron chi connectivity index (χ0n) is 20.4. The minimum Gasteiger partial charge on any atom is -0.495 e. The summed E-state index contributed by atoms with van der Waals surface area (Å²) in [7, 11) is -2.64. The van der Waals surface area contributed by atoms with Crippen LogP contribution in [0.3, 0.4) is 0 Å². The number of rotatable bonds is 8. The maximum atomic E-state index is 13.6. The number of halogens is 1. The summed E-state index contributed by atoms with van der Waals surface area (Å²) in [5, 5.41) is 0. The summed E-state index contributed by atoms with van der Waals surface area (Å²) in [6.45, 7) is 3.78. The molecule has 0 radical (unpaired) electrons. The van der Waals surface area contributed by atoms with E-state index in [9.17, 15) is 17.6 Å². The van der Waals surface area contributed by atoms with Gasteiger partial charge in [-0.05, 0) is 60.9 Å². The molecule has 0 aliphatic carbocycles. The number of amides is 1. The lowest BCUT2D eigenvalue weighted by Gasteiger charge is -2.37. The van der Waals surface area contributed by atoms with E-state index in [1.807, 2.05) is 30.3 Å². The van der Waals surface area contributed by atoms with Crippen molar-refractivity contribution in [2.24, 2.45) is 0 Å². The second-order valence-corrected chi connectivity index (χ2v) is 10.5. The molecule has 0 aromatic heterocycles. The monoisotopic (exact) mass is 511 g/mol. The molecule has 1 amide bonds. The van der Waals surface area contributed by atoms with E-state index >= 15 is 0 Å². The van der Waals surface area contributed by atoms with Crippen LogP contribution in [0.2, 0.25) is 0 Å². The van der Waals surface area contributed by atoms with E-state index in [2.05, 4.69) is 9.62 Å². The summed E-state index contributed by atoms with van der Waals surface area (Å²) in [6.07, 6.45) is 0.214. The molecular formula is C27H30FN3O4S. The van der Waals surface area contributed by atoms with Crippen molar-refractivity contribution >= 4 is 21.6 Å². The highest BCUT2D eigenvalue weighted by atomic mass is 32.2. The molecule has 190 valence electrons. The molecule has 1 aliphatic rings. The minimum absolute atomic E-state index is 0.00279. The fourth-order valence-corrected chi connectivity index (χ4v) is 5.77. The first-order valence-electron chi connectivity index (χ1n) is 11.8. The predicted molar refractivity (Wildman–Crippen MR) is 137 cm³/mol. The summed E-state index contributed by atoms with van der Waals surface area (Å²) >= 11 is 0. The number of anilines is 1. The van der Waals surface area contributed by atoms with Crippen molar-refractivity contribution in [1.82, 2.24) is 9.62 Å². The fraction of sp³-hybridized carbons (Fsp3) is 0.296. The molecule has 1 fully saturated rings. The van der Waals surface area contributed by atoms with Crippen molar-refractivity contribution < 1.29 is 22.3 Å². The standard InChI is InChI=1S/C27H30FN3O4S/c1-20-8-13-25(35-2)26(18-20)36(33,34)29-24(19-21-6-4-3-5-7-21)27(32)31-16-14-30(15-17-31)23-11-9-22(28)10-12-23/h3-13,18,24,29H,14-17,19H2,1-2H3/t24-/m0/s1. The molecule has 0 saturated carbocycles. The van der Waals surface area contributed by atoms with Gasteiger partial charge in [-0.15, -0.1) is 0 Å². The highest BCUT2D eigenvalue weighted by Crippen LogP contribution is 2.25. The van der Waals surface area contributed by atoms with Crippen LogP contribution in [0.5, 0.6) is 5.75 Å². The van der Waals surface area contributed by atoms with E-state index in [1.54, 1.807) is 36.1 Å². The number of methoxy groups -OCH3 is 1. The Morgan fingerprint density at radius 3 is 2.31 bits per heavy atom. The van der Waals surface area contributed by atoms with E-state index in [4.69, 9.17) is 4.74 Å². The largest absolute Gasteiger partial charge is 0.495 e. The average molecular weight is 512 g/mol. The topological polar surface area (TPSA) is 78.9 Å². The molecule has 1 saturated heterocycles. The van der Waals surface area contributed by atoms with Crippen molar-refractivity contribution in [2.45, 2.75) is 24.3 Å². The van der Waals surface area contributed by atoms with Gasteiger partial charge in [0.15, 0.2) is 0 Å². The number of sulfonamides is 1. The molecule has 1 N–H and O–H groups in total. The van der Waals surface area contributed by atoms with E-state index in [-0.39, 0.29) is 28.8 Å². The Hall–Kier alpha value is -3.43. The van der Waals surface area contributed by atoms with Crippen LogP contribution in [-0.2, 0) is 21.2 Å². The molecular weight excluding hydrogens is 481 g/mol. The maximum absolute atomic E-state index is 13.6. The summed E-state index contributed by atoms with van der Waals surface area (Å²) < 4.78 is 48.0. The molecule has 3 aromatic carbocycles. The highest BCUT2D eigenvalue weighted by Gasteiger charge is 2.32. The van der Waals surface area contributed by atoms with Crippen LogP contribution in [0.4, 0.5) is 10.1 Å². The third-order valence-corrected chi connectivity index (χ3v) is 7.76. The van der Waals surface area contributed by atoms with Gasteiger partial charge in [0.05, 0.1) is 7.11 Å². The Balaban J connectivity index is 1.54. The zero-order valence-corrected chi connectivity index (χ0v) is 21.2. The Kier molecular flexibility index (Phi) is 7.91. The first kappa shape index (κ1) is 25.7. The Morgan fingerprint density at radius 1 is 1.00 bits per heavy atom. The van der Waals surface area contributed by atoms with Crippen LogP contribution in [0, 0.1) is 12.7 Å². The van der Waals surface area contributed by atoms with Gasteiger partial charge in [0.25, 0.3) is 0 Å². The summed E-state index contributed by atoms with van der Waals surface area (Å²) in [5.74, 6) is -0.367. The van der Waals surface area contributed by atoms with Gasteiger partial charge < -0.3 is 14.5 Å². The van der Waals surface area contributed by atoms with Crippen LogP contribution in [0.1, 0.15) is 11.1 Å². The van der Waals surface area contributed by atoms with Crippen molar-refractivity contribution in [3.8, 4) is 5.75 Å². The summed E-state index contributed by atoms with van der Waals surface area (Å²) in [6, 6.07) is 19.5. The van der Waals surface area contributed by atoms with E-state index < -0.39 is 16.1 Å². The maximum Gasteiger partial charge on any atom is 0.244 e. The number of nitrogens with one attached hydrogen (secondary N) is 1. The van der Waals surface area contributed by atoms with Crippen molar-refractivity contribution in [1.29, 1.82) is 0 Å². The lowest BCUT2D eigenvalue weighted by molar-refractivity contribution is -0.133. The van der Waals surface area contributed by atoms with Gasteiger partial charge in [0, 0.05) is 31.9 Å². The van der Waals surface area contributed by atoms with Gasteiger partial charge in [-0.25, -0.2) is 12.8 Å². The third-order valence-electron chi connectivity index (χ3n) is 6.27. The molecule has 0 unspecified atom stereocenters. The second kappa shape index (κ2) is 11.1. The van der Waals surface area contributed by atoms with Crippen molar-refractivity contribution in [3.05, 3.63) is 89.7 Å². The number of nitrogens with zero attached hydrogens (tertiary/aromatic N) is 2. The van der Waals surface area contributed by atoms with Crippen LogP contribution in [0.15, 0.2) is 77.7 Å². The van der Waals surface area contributed by atoms with Gasteiger partial charge in [0.1, 0.15) is 22.5 Å². The van der Waals surface area contributed by atoms with Crippen LogP contribution in [0.25, 0.3) is 0 Å². The lowest BCUT2D eigenvalue weighted by Crippen LogP contribution is -2.55. The number of hydrogen-bond donors (Lipinski definition) is 1. The second-order valence-electron chi connectivity index (χ2n) is 8.81. The molecule has 1 aliphatic heterocycles. The minimum atomic E-state index is -4.05. The van der Waals surface area contributed by atoms with Crippen molar-refractivity contribution in [2.75, 3.05) is 38.2 Å². The van der Waals surface area contributed by atoms with Crippen LogP contribution < -0.4 is 14.4 Å². The molecule has 4 rings (SSSR count). The molecule has 3 aromatic rings. The molecule has 1 heterocycles. The van der Waals surface area contributed by atoms with Gasteiger partial charge in [-0.2, -0.15) is 4.72 Å². The smallest absolute Gasteiger partial charge is 0.244 e. The first-order valence-corrected chi connectivity index (χ1v) is 13.3. The Labute approximate surface area is 211 Å². The number of carbonyl (C=O) groups excluding carboxylic acids is 1. The normalized spacial score (nSPS) is 15.0. The SMILES string of the molecule is COc1ccc(C)cc1S(=O)(=O)N[C@@H](Cc1ccccc1)C(=O)N1CCN(c2ccc(F)cc2)CC1. The molecule has 9 heteroatoms. The number of ether oxygens (including phenoxy) is 1. The Morgan fingerprint density at radius 2 is 1.67 bits per heavy atom. The third kappa shape index (κ3) is 6.03. The van der Waals surface area contributed by atoms with Crippen molar-refractivity contribution in [3.63, 3.8) is 0 Å². The summed E-state index contributed by atoms with van der Waals surface area (Å²) in [4.78, 5) is 17.4. The van der Waals surface area contributed by atoms with Crippen LogP contribution in [-0.4, -0.2) is 58.6 Å². The molecule has 7 nitrogen and oxygen atoms in total. The zero-order chi connectivity index (χ0) is 25.7. The van der Waals surface area contributed by atoms with E-state index in [0.717, 1.165) is 16.8 Å². The lowest BCUT2D eigenvalue weighted by atomic mass is 10.1. The first-order chi connectivity index (χ1) is 17.3. The van der Waals surface area contributed by atoms with Gasteiger partial charge in [-0.1, -0.05) is 36.4 Å². The molecule has 36 heavy (non-hydrogen) atoms. The number of hydrogen-bond acceptors (Lipinski definition) is 5. The van der Waals surface area contributed by atoms with E-state index in [1.165, 1.54) is 25.3 Å². The number of aryl methyl sites for hydroxylation is 1.